The van der Waals surface area contributed by atoms with Crippen LogP contribution >= 0.6 is 11.5 Å². The smallest absolute Gasteiger partial charge is 0.269 e. The molecule has 1 aliphatic heterocycles. The van der Waals surface area contributed by atoms with Gasteiger partial charge in [-0.3, -0.25) is 0 Å². The Hall–Kier alpha value is -2.96. The average molecular weight is 482 g/mol. The summed E-state index contributed by atoms with van der Waals surface area (Å²) in [7, 11) is -1.47. The van der Waals surface area contributed by atoms with Gasteiger partial charge in [-0.2, -0.15) is 4.37 Å². The van der Waals surface area contributed by atoms with E-state index in [0.29, 0.717) is 23.5 Å². The molecule has 1 N–H and O–H groups in total. The van der Waals surface area contributed by atoms with Crippen LogP contribution in [0.4, 0.5) is 9.52 Å². The highest BCUT2D eigenvalue weighted by molar-refractivity contribution is 7.93. The molecule has 1 atom stereocenters. The van der Waals surface area contributed by atoms with E-state index in [1.54, 1.807) is 18.2 Å². The van der Waals surface area contributed by atoms with Crippen LogP contribution in [0.1, 0.15) is 23.7 Å². The zero-order chi connectivity index (χ0) is 22.9. The van der Waals surface area contributed by atoms with Crippen molar-refractivity contribution < 1.29 is 32.1 Å². The number of benzene rings is 2. The summed E-state index contributed by atoms with van der Waals surface area (Å²) in [6.07, 6.45) is 0.594. The van der Waals surface area contributed by atoms with Crippen molar-refractivity contribution in [3.8, 4) is 17.2 Å². The molecule has 3 aromatic rings. The van der Waals surface area contributed by atoms with Crippen LogP contribution in [0, 0.1) is 5.82 Å². The Balaban J connectivity index is 1.80. The highest BCUT2D eigenvalue weighted by Crippen LogP contribution is 2.38. The molecule has 2 aromatic carbocycles. The molecule has 0 spiro atoms. The first-order valence-electron chi connectivity index (χ1n) is 9.49. The van der Waals surface area contributed by atoms with Crippen LogP contribution in [0.15, 0.2) is 41.6 Å². The van der Waals surface area contributed by atoms with E-state index in [0.717, 1.165) is 28.0 Å². The summed E-state index contributed by atoms with van der Waals surface area (Å²) in [6, 6.07) is 7.04. The fraction of sp³-hybridized carbons (Fsp3) is 0.300. The zero-order valence-corrected chi connectivity index (χ0v) is 18.8. The Bertz CT molecular complexity index is 1220. The summed E-state index contributed by atoms with van der Waals surface area (Å²) in [5.41, 5.74) is 0.726. The van der Waals surface area contributed by atoms with Crippen molar-refractivity contribution in [1.82, 2.24) is 9.36 Å². The van der Waals surface area contributed by atoms with Crippen molar-refractivity contribution >= 4 is 26.7 Å². The van der Waals surface area contributed by atoms with E-state index in [4.69, 9.17) is 14.2 Å². The Morgan fingerprint density at radius 2 is 2.09 bits per heavy atom. The largest absolute Gasteiger partial charge is 0.497 e. The van der Waals surface area contributed by atoms with Gasteiger partial charge in [-0.05, 0) is 18.2 Å². The number of halogens is 1. The van der Waals surface area contributed by atoms with Gasteiger partial charge >= 0.3 is 0 Å². The third-order valence-corrected chi connectivity index (χ3v) is 7.57. The number of aromatic nitrogens is 2. The number of ether oxygens (including phenoxy) is 3. The first kappa shape index (κ1) is 22.2. The summed E-state index contributed by atoms with van der Waals surface area (Å²) < 4.78 is 63.0. The highest BCUT2D eigenvalue weighted by atomic mass is 32.2. The van der Waals surface area contributed by atoms with Gasteiger partial charge in [-0.1, -0.05) is 0 Å². The van der Waals surface area contributed by atoms with E-state index in [1.807, 2.05) is 0 Å². The molecule has 2 heterocycles. The molecule has 4 rings (SSSR count). The molecule has 32 heavy (non-hydrogen) atoms. The van der Waals surface area contributed by atoms with Gasteiger partial charge in [0.05, 0.1) is 33.5 Å². The fourth-order valence-electron chi connectivity index (χ4n) is 3.36. The molecule has 0 bridgehead atoms. The van der Waals surface area contributed by atoms with Crippen molar-refractivity contribution in [1.29, 1.82) is 0 Å². The lowest BCUT2D eigenvalue weighted by Crippen LogP contribution is -2.31. The van der Waals surface area contributed by atoms with Crippen molar-refractivity contribution in [2.75, 3.05) is 25.1 Å². The maximum atomic E-state index is 15.0. The standard InChI is InChI=1S/C20H20FN3O6S2/c1-28-13-4-3-12(17(7-13)29-2)10-24(20-22-11-23-31-20)32(26,27)19-9-18-14(8-15(19)21)16(25)5-6-30-18/h3-4,7-9,11,16,25H,5-6,10H2,1-2H3/t16-/m1/s1. The Kier molecular flexibility index (Phi) is 6.17. The SMILES string of the molecule is COc1ccc(CN(c2ncns2)S(=O)(=O)c2cc3c(cc2F)[C@H](O)CCO3)c(OC)c1. The van der Waals surface area contributed by atoms with E-state index in [1.165, 1.54) is 20.5 Å². The number of hydrogen-bond acceptors (Lipinski definition) is 9. The number of aliphatic hydroxyl groups is 1. The van der Waals surface area contributed by atoms with Gasteiger partial charge in [0.25, 0.3) is 10.0 Å². The number of sulfonamides is 1. The third kappa shape index (κ3) is 4.08. The number of hydrogen-bond donors (Lipinski definition) is 1. The summed E-state index contributed by atoms with van der Waals surface area (Å²) in [5.74, 6) is 0.0614. The van der Waals surface area contributed by atoms with E-state index in [-0.39, 0.29) is 29.6 Å². The predicted octanol–water partition coefficient (Wildman–Crippen LogP) is 2.91. The predicted molar refractivity (Wildman–Crippen MR) is 114 cm³/mol. The van der Waals surface area contributed by atoms with Gasteiger partial charge in [0.2, 0.25) is 5.13 Å². The Labute approximate surface area is 188 Å². The molecule has 0 unspecified atom stereocenters. The second-order valence-corrected chi connectivity index (χ2v) is 9.48. The van der Waals surface area contributed by atoms with Crippen LogP contribution in [0.2, 0.25) is 0 Å². The fourth-order valence-corrected chi connectivity index (χ4v) is 5.55. The molecule has 1 aliphatic rings. The molecular weight excluding hydrogens is 461 g/mol. The number of rotatable bonds is 7. The van der Waals surface area contributed by atoms with Crippen molar-refractivity contribution in [2.24, 2.45) is 0 Å². The summed E-state index contributed by atoms with van der Waals surface area (Å²) in [6.45, 7) is 0.00709. The minimum absolute atomic E-state index is 0.0564. The molecule has 0 saturated heterocycles. The monoisotopic (exact) mass is 481 g/mol. The van der Waals surface area contributed by atoms with E-state index in [2.05, 4.69) is 9.36 Å². The van der Waals surface area contributed by atoms with Gasteiger partial charge < -0.3 is 19.3 Å². The minimum atomic E-state index is -4.43. The van der Waals surface area contributed by atoms with E-state index < -0.39 is 26.8 Å². The maximum absolute atomic E-state index is 15.0. The van der Waals surface area contributed by atoms with Crippen LogP contribution in [0.5, 0.6) is 17.2 Å². The van der Waals surface area contributed by atoms with E-state index >= 15 is 0 Å². The zero-order valence-electron chi connectivity index (χ0n) is 17.2. The van der Waals surface area contributed by atoms with Crippen LogP contribution < -0.4 is 18.5 Å². The van der Waals surface area contributed by atoms with Gasteiger partial charge in [0, 0.05) is 41.2 Å². The second-order valence-electron chi connectivity index (χ2n) is 6.89. The molecule has 9 nitrogen and oxygen atoms in total. The van der Waals surface area contributed by atoms with Gasteiger partial charge in [0.1, 0.15) is 34.3 Å². The van der Waals surface area contributed by atoms with Gasteiger partial charge in [0.15, 0.2) is 0 Å². The van der Waals surface area contributed by atoms with Crippen molar-refractivity contribution in [3.63, 3.8) is 0 Å². The lowest BCUT2D eigenvalue weighted by molar-refractivity contribution is 0.114. The molecule has 12 heteroatoms. The summed E-state index contributed by atoms with van der Waals surface area (Å²) >= 11 is 0.854. The lowest BCUT2D eigenvalue weighted by atomic mass is 10.0. The second kappa shape index (κ2) is 8.88. The maximum Gasteiger partial charge on any atom is 0.269 e. The molecule has 0 radical (unpaired) electrons. The van der Waals surface area contributed by atoms with Gasteiger partial charge in [-0.25, -0.2) is 22.1 Å². The lowest BCUT2D eigenvalue weighted by Gasteiger charge is -2.26. The number of fused-ring (bicyclic) bond motifs is 1. The highest BCUT2D eigenvalue weighted by Gasteiger charge is 2.33. The topological polar surface area (TPSA) is 111 Å². The molecule has 1 aromatic heterocycles. The Morgan fingerprint density at radius 1 is 1.28 bits per heavy atom. The van der Waals surface area contributed by atoms with E-state index in [9.17, 15) is 17.9 Å². The van der Waals surface area contributed by atoms with Crippen molar-refractivity contribution in [3.05, 3.63) is 53.6 Å². The number of nitrogens with zero attached hydrogens (tertiary/aromatic N) is 3. The van der Waals surface area contributed by atoms with Crippen LogP contribution in [0.3, 0.4) is 0 Å². The molecule has 0 amide bonds. The van der Waals surface area contributed by atoms with Crippen LogP contribution in [-0.4, -0.2) is 43.7 Å². The summed E-state index contributed by atoms with van der Waals surface area (Å²) in [5, 5.41) is 10.1. The normalized spacial score (nSPS) is 15.6. The number of methoxy groups -OCH3 is 2. The van der Waals surface area contributed by atoms with Crippen LogP contribution in [-0.2, 0) is 16.6 Å². The Morgan fingerprint density at radius 3 is 2.78 bits per heavy atom. The van der Waals surface area contributed by atoms with Gasteiger partial charge in [-0.15, -0.1) is 0 Å². The molecule has 0 saturated carbocycles. The quantitative estimate of drug-likeness (QED) is 0.548. The molecular formula is C20H20FN3O6S2. The van der Waals surface area contributed by atoms with Crippen molar-refractivity contribution in [2.45, 2.75) is 24.0 Å². The first-order chi connectivity index (χ1) is 15.3. The minimum Gasteiger partial charge on any atom is -0.497 e. The number of aliphatic hydroxyl groups excluding tert-OH is 1. The average Bonchev–Trinajstić information content (AvgIpc) is 3.31. The summed E-state index contributed by atoms with van der Waals surface area (Å²) in [4.78, 5) is 3.43. The first-order valence-corrected chi connectivity index (χ1v) is 11.7. The third-order valence-electron chi connectivity index (χ3n) is 5.01. The molecule has 0 aliphatic carbocycles. The van der Waals surface area contributed by atoms with Crippen LogP contribution in [0.25, 0.3) is 0 Å². The molecule has 0 fully saturated rings. The molecule has 170 valence electrons. The number of anilines is 1.